The van der Waals surface area contributed by atoms with Gasteiger partial charge in [0.1, 0.15) is 5.75 Å². The van der Waals surface area contributed by atoms with Crippen molar-refractivity contribution >= 4 is 23.4 Å². The third-order valence-electron chi connectivity index (χ3n) is 3.30. The number of pyridine rings is 1. The van der Waals surface area contributed by atoms with E-state index in [9.17, 15) is 5.11 Å². The molecular weight excluding hydrogens is 316 g/mol. The van der Waals surface area contributed by atoms with Crippen molar-refractivity contribution in [3.05, 3.63) is 58.9 Å². The maximum Gasteiger partial charge on any atom is 0.120 e. The molecule has 5 heteroatoms. The van der Waals surface area contributed by atoms with Gasteiger partial charge in [-0.05, 0) is 36.1 Å². The first-order valence-electron chi connectivity index (χ1n) is 7.36. The van der Waals surface area contributed by atoms with E-state index in [0.29, 0.717) is 17.3 Å². The highest BCUT2D eigenvalue weighted by molar-refractivity contribution is 7.99. The molecule has 0 aliphatic heterocycles. The molecule has 1 heterocycles. The third-order valence-corrected chi connectivity index (χ3v) is 4.42. The molecule has 2 aromatic rings. The van der Waals surface area contributed by atoms with Crippen LogP contribution in [0.2, 0.25) is 5.02 Å². The number of nitrogens with zero attached hydrogens (tertiary/aromatic N) is 2. The van der Waals surface area contributed by atoms with Crippen molar-refractivity contribution in [2.24, 2.45) is 0 Å². The lowest BCUT2D eigenvalue weighted by Crippen LogP contribution is -2.26. The Balaban J connectivity index is 2.07. The molecule has 2 rings (SSSR count). The lowest BCUT2D eigenvalue weighted by Gasteiger charge is -2.22. The van der Waals surface area contributed by atoms with Crippen LogP contribution in [0.5, 0.6) is 5.75 Å². The second-order valence-corrected chi connectivity index (χ2v) is 6.83. The number of thioether (sulfide) groups is 1. The topological polar surface area (TPSA) is 36.4 Å². The molecule has 0 amide bonds. The third kappa shape index (κ3) is 5.52. The van der Waals surface area contributed by atoms with E-state index < -0.39 is 0 Å². The molecular formula is C17H21ClN2OS. The summed E-state index contributed by atoms with van der Waals surface area (Å²) in [5.74, 6) is 2.46. The Hall–Kier alpha value is -1.23. The van der Waals surface area contributed by atoms with Crippen molar-refractivity contribution in [2.75, 3.05) is 18.1 Å². The van der Waals surface area contributed by atoms with Gasteiger partial charge in [0.25, 0.3) is 0 Å². The van der Waals surface area contributed by atoms with Crippen molar-refractivity contribution < 1.29 is 5.11 Å². The predicted octanol–water partition coefficient (Wildman–Crippen LogP) is 4.20. The van der Waals surface area contributed by atoms with Gasteiger partial charge in [0.2, 0.25) is 0 Å². The zero-order valence-electron chi connectivity index (χ0n) is 12.7. The summed E-state index contributed by atoms with van der Waals surface area (Å²) < 4.78 is 0. The maximum atomic E-state index is 10.0. The highest BCUT2D eigenvalue weighted by atomic mass is 35.5. The van der Waals surface area contributed by atoms with E-state index in [0.717, 1.165) is 35.9 Å². The minimum Gasteiger partial charge on any atom is -0.508 e. The summed E-state index contributed by atoms with van der Waals surface area (Å²) in [6, 6.07) is 11.1. The molecule has 1 aromatic heterocycles. The first kappa shape index (κ1) is 17.1. The van der Waals surface area contributed by atoms with Gasteiger partial charge in [0.05, 0.1) is 5.69 Å². The second kappa shape index (κ2) is 9.03. The molecule has 1 aromatic carbocycles. The zero-order chi connectivity index (χ0) is 15.8. The maximum absolute atomic E-state index is 10.0. The molecule has 22 heavy (non-hydrogen) atoms. The van der Waals surface area contributed by atoms with E-state index in [1.807, 2.05) is 42.2 Å². The molecule has 3 nitrogen and oxygen atoms in total. The molecule has 0 unspecified atom stereocenters. The predicted molar refractivity (Wildman–Crippen MR) is 94.5 cm³/mol. The van der Waals surface area contributed by atoms with Gasteiger partial charge in [-0.25, -0.2) is 0 Å². The van der Waals surface area contributed by atoms with Crippen molar-refractivity contribution in [1.29, 1.82) is 0 Å². The molecule has 0 saturated carbocycles. The van der Waals surface area contributed by atoms with Crippen LogP contribution in [0.15, 0.2) is 42.6 Å². The van der Waals surface area contributed by atoms with Crippen LogP contribution < -0.4 is 0 Å². The molecule has 0 aliphatic rings. The highest BCUT2D eigenvalue weighted by Crippen LogP contribution is 2.23. The highest BCUT2D eigenvalue weighted by Gasteiger charge is 2.11. The fourth-order valence-corrected chi connectivity index (χ4v) is 3.07. The van der Waals surface area contributed by atoms with Gasteiger partial charge in [-0.2, -0.15) is 11.8 Å². The Morgan fingerprint density at radius 2 is 2.09 bits per heavy atom. The van der Waals surface area contributed by atoms with Gasteiger partial charge in [0, 0.05) is 42.2 Å². The Bertz CT molecular complexity index is 580. The quantitative estimate of drug-likeness (QED) is 0.733. The van der Waals surface area contributed by atoms with Crippen LogP contribution in [-0.4, -0.2) is 33.0 Å². The average molecular weight is 337 g/mol. The summed E-state index contributed by atoms with van der Waals surface area (Å²) in [4.78, 5) is 6.68. The molecule has 0 saturated heterocycles. The van der Waals surface area contributed by atoms with Gasteiger partial charge < -0.3 is 5.11 Å². The monoisotopic (exact) mass is 336 g/mol. The molecule has 0 spiro atoms. The Morgan fingerprint density at radius 1 is 1.23 bits per heavy atom. The van der Waals surface area contributed by atoms with E-state index in [1.54, 1.807) is 12.1 Å². The fourth-order valence-electron chi connectivity index (χ4n) is 2.19. The van der Waals surface area contributed by atoms with Crippen molar-refractivity contribution in [3.8, 4) is 5.75 Å². The summed E-state index contributed by atoms with van der Waals surface area (Å²) in [5.41, 5.74) is 1.88. The number of benzene rings is 1. The van der Waals surface area contributed by atoms with Crippen LogP contribution in [0.25, 0.3) is 0 Å². The zero-order valence-corrected chi connectivity index (χ0v) is 14.3. The fraction of sp³-hybridized carbons (Fsp3) is 0.353. The van der Waals surface area contributed by atoms with Crippen LogP contribution in [0.1, 0.15) is 18.2 Å². The Morgan fingerprint density at radius 3 is 2.82 bits per heavy atom. The summed E-state index contributed by atoms with van der Waals surface area (Å²) in [5, 5.41) is 10.7. The van der Waals surface area contributed by atoms with E-state index in [1.165, 1.54) is 0 Å². The van der Waals surface area contributed by atoms with Crippen LogP contribution >= 0.6 is 23.4 Å². The number of hydrogen-bond acceptors (Lipinski definition) is 4. The van der Waals surface area contributed by atoms with Crippen LogP contribution in [0.3, 0.4) is 0 Å². The van der Waals surface area contributed by atoms with E-state index in [4.69, 9.17) is 11.6 Å². The molecule has 0 atom stereocenters. The first-order chi connectivity index (χ1) is 10.7. The average Bonchev–Trinajstić information content (AvgIpc) is 2.52. The number of phenols is 1. The van der Waals surface area contributed by atoms with Gasteiger partial charge >= 0.3 is 0 Å². The SMILES string of the molecule is CCSCCN(Cc1ccccn1)Cc1cc(Cl)ccc1O. The number of aromatic nitrogens is 1. The minimum absolute atomic E-state index is 0.290. The molecule has 0 radical (unpaired) electrons. The minimum atomic E-state index is 0.290. The molecule has 1 N–H and O–H groups in total. The van der Waals surface area contributed by atoms with Gasteiger partial charge in [-0.15, -0.1) is 0 Å². The smallest absolute Gasteiger partial charge is 0.120 e. The van der Waals surface area contributed by atoms with Crippen LogP contribution in [0.4, 0.5) is 0 Å². The number of aromatic hydroxyl groups is 1. The molecule has 0 aliphatic carbocycles. The van der Waals surface area contributed by atoms with Crippen LogP contribution in [-0.2, 0) is 13.1 Å². The normalized spacial score (nSPS) is 11.0. The number of rotatable bonds is 8. The van der Waals surface area contributed by atoms with Gasteiger partial charge in [-0.1, -0.05) is 24.6 Å². The van der Waals surface area contributed by atoms with Crippen LogP contribution in [0, 0.1) is 0 Å². The first-order valence-corrected chi connectivity index (χ1v) is 8.89. The molecule has 0 bridgehead atoms. The number of phenolic OH excluding ortho intramolecular Hbond substituents is 1. The standard InChI is InChI=1S/C17H21ClN2OS/c1-2-22-10-9-20(13-16-5-3-4-8-19-16)12-14-11-15(18)6-7-17(14)21/h3-8,11,21H,2,9-10,12-13H2,1H3. The Kier molecular flexibility index (Phi) is 7.03. The summed E-state index contributed by atoms with van der Waals surface area (Å²) >= 11 is 7.96. The lowest BCUT2D eigenvalue weighted by molar-refractivity contribution is 0.266. The summed E-state index contributed by atoms with van der Waals surface area (Å²) in [6.07, 6.45) is 1.81. The van der Waals surface area contributed by atoms with Gasteiger partial charge in [-0.3, -0.25) is 9.88 Å². The van der Waals surface area contributed by atoms with Crippen molar-refractivity contribution in [1.82, 2.24) is 9.88 Å². The second-order valence-electron chi connectivity index (χ2n) is 5.00. The number of halogens is 1. The largest absolute Gasteiger partial charge is 0.508 e. The van der Waals surface area contributed by atoms with E-state index in [2.05, 4.69) is 16.8 Å². The van der Waals surface area contributed by atoms with Crippen molar-refractivity contribution in [3.63, 3.8) is 0 Å². The lowest BCUT2D eigenvalue weighted by atomic mass is 10.2. The van der Waals surface area contributed by atoms with Crippen molar-refractivity contribution in [2.45, 2.75) is 20.0 Å². The Labute approximate surface area is 141 Å². The van der Waals surface area contributed by atoms with E-state index >= 15 is 0 Å². The summed E-state index contributed by atoms with van der Waals surface area (Å²) in [6.45, 7) is 4.53. The van der Waals surface area contributed by atoms with E-state index in [-0.39, 0.29) is 0 Å². The molecule has 0 fully saturated rings. The molecule has 118 valence electrons. The van der Waals surface area contributed by atoms with Gasteiger partial charge in [0.15, 0.2) is 0 Å². The number of hydrogen-bond donors (Lipinski definition) is 1. The summed E-state index contributed by atoms with van der Waals surface area (Å²) in [7, 11) is 0.